The number of aromatic nitrogens is 3. The number of amides is 3. The van der Waals surface area contributed by atoms with E-state index in [1.54, 1.807) is 0 Å². The molecule has 1 atom stereocenters. The second kappa shape index (κ2) is 7.73. The number of imide groups is 1. The van der Waals surface area contributed by atoms with Crippen molar-refractivity contribution in [2.75, 3.05) is 17.3 Å². The van der Waals surface area contributed by atoms with Gasteiger partial charge in [-0.3, -0.25) is 10.1 Å². The molecule has 11 heteroatoms. The van der Waals surface area contributed by atoms with Gasteiger partial charge in [-0.1, -0.05) is 18.2 Å². The minimum atomic E-state index is -3.07. The molecule has 3 rings (SSSR count). The highest BCUT2D eigenvalue weighted by atomic mass is 32.2. The van der Waals surface area contributed by atoms with Gasteiger partial charge in [-0.25, -0.2) is 13.2 Å². The largest absolute Gasteiger partial charge is 0.334 e. The summed E-state index contributed by atoms with van der Waals surface area (Å²) < 4.78 is 24.8. The first-order valence-electron chi connectivity index (χ1n) is 8.28. The Morgan fingerprint density at radius 2 is 2.08 bits per heavy atom. The smallest absolute Gasteiger partial charge is 0.321 e. The van der Waals surface area contributed by atoms with Crippen LogP contribution in [0.25, 0.3) is 0 Å². The Labute approximate surface area is 150 Å². The van der Waals surface area contributed by atoms with Crippen LogP contribution in [0.3, 0.4) is 0 Å². The number of aryl methyl sites for hydroxylation is 1. The number of hydrogen-bond acceptors (Lipinski definition) is 7. The van der Waals surface area contributed by atoms with E-state index < -0.39 is 27.8 Å². The van der Waals surface area contributed by atoms with Crippen LogP contribution in [0.2, 0.25) is 0 Å². The highest BCUT2D eigenvalue weighted by Gasteiger charge is 2.29. The molecular weight excluding hydrogens is 366 g/mol. The number of carbonyl (C=O) groups is 2. The molecule has 0 radical (unpaired) electrons. The van der Waals surface area contributed by atoms with E-state index in [4.69, 9.17) is 0 Å². The predicted molar refractivity (Wildman–Crippen MR) is 92.0 cm³/mol. The Kier molecular flexibility index (Phi) is 5.62. The zero-order chi connectivity index (χ0) is 17.9. The van der Waals surface area contributed by atoms with E-state index >= 15 is 0 Å². The molecule has 1 fully saturated rings. The lowest BCUT2D eigenvalue weighted by atomic mass is 10.2. The molecule has 138 valence electrons. The summed E-state index contributed by atoms with van der Waals surface area (Å²) in [5, 5.41) is 13.7. The van der Waals surface area contributed by atoms with Crippen LogP contribution in [-0.4, -0.2) is 58.4 Å². The molecule has 1 unspecified atom stereocenters. The molecule has 0 aromatic carbocycles. The second-order valence-corrected chi connectivity index (χ2v) is 9.44. The van der Waals surface area contributed by atoms with Crippen LogP contribution >= 0.6 is 11.8 Å². The van der Waals surface area contributed by atoms with Crippen molar-refractivity contribution in [1.82, 2.24) is 25.4 Å². The molecular formula is C14H21N5O4S2. The van der Waals surface area contributed by atoms with E-state index in [1.807, 2.05) is 4.57 Å². The molecule has 2 aliphatic rings. The molecule has 0 aliphatic carbocycles. The fraction of sp³-hybridized carbons (Fsp3) is 0.714. The fourth-order valence-corrected chi connectivity index (χ4v) is 5.45. The van der Waals surface area contributed by atoms with Crippen LogP contribution < -0.4 is 10.6 Å². The first-order chi connectivity index (χ1) is 11.9. The Morgan fingerprint density at radius 3 is 2.84 bits per heavy atom. The molecule has 3 amide bonds. The van der Waals surface area contributed by atoms with E-state index in [0.717, 1.165) is 38.1 Å². The zero-order valence-corrected chi connectivity index (χ0v) is 15.4. The summed E-state index contributed by atoms with van der Waals surface area (Å²) in [6.07, 6.45) is 4.60. The van der Waals surface area contributed by atoms with Gasteiger partial charge in [0.2, 0.25) is 5.91 Å². The van der Waals surface area contributed by atoms with Gasteiger partial charge in [-0.05, 0) is 19.3 Å². The molecule has 0 bridgehead atoms. The van der Waals surface area contributed by atoms with Crippen molar-refractivity contribution in [3.05, 3.63) is 5.82 Å². The molecule has 1 aromatic heterocycles. The van der Waals surface area contributed by atoms with Crippen molar-refractivity contribution >= 4 is 33.5 Å². The third-order valence-corrected chi connectivity index (χ3v) is 6.96. The maximum atomic E-state index is 11.9. The lowest BCUT2D eigenvalue weighted by molar-refractivity contribution is -0.117. The first kappa shape index (κ1) is 18.2. The molecule has 0 saturated carbocycles. The lowest BCUT2D eigenvalue weighted by Gasteiger charge is -2.11. The molecule has 1 aromatic rings. The summed E-state index contributed by atoms with van der Waals surface area (Å²) in [4.78, 5) is 23.7. The van der Waals surface area contributed by atoms with E-state index in [9.17, 15) is 18.0 Å². The Morgan fingerprint density at radius 1 is 1.24 bits per heavy atom. The number of hydrogen-bond donors (Lipinski definition) is 2. The Bertz CT molecular complexity index is 761. The molecule has 1 saturated heterocycles. The van der Waals surface area contributed by atoms with Gasteiger partial charge in [-0.15, -0.1) is 10.2 Å². The number of urea groups is 1. The van der Waals surface area contributed by atoms with E-state index in [2.05, 4.69) is 20.8 Å². The molecule has 2 aliphatic heterocycles. The van der Waals surface area contributed by atoms with Gasteiger partial charge < -0.3 is 9.88 Å². The van der Waals surface area contributed by atoms with Crippen LogP contribution in [0.1, 0.15) is 31.5 Å². The third-order valence-electron chi connectivity index (χ3n) is 4.23. The molecule has 0 spiro atoms. The zero-order valence-electron chi connectivity index (χ0n) is 13.7. The van der Waals surface area contributed by atoms with Crippen LogP contribution in [-0.2, 0) is 27.6 Å². The summed E-state index contributed by atoms with van der Waals surface area (Å²) in [7, 11) is -3.07. The molecule has 25 heavy (non-hydrogen) atoms. The SMILES string of the molecule is O=C(CSc1nnc2n1CCCCC2)NC(=O)NC1CCS(=O)(=O)C1. The summed E-state index contributed by atoms with van der Waals surface area (Å²) in [6, 6.07) is -1.09. The van der Waals surface area contributed by atoms with Crippen LogP contribution in [0, 0.1) is 0 Å². The maximum absolute atomic E-state index is 11.9. The summed E-state index contributed by atoms with van der Waals surface area (Å²) in [6.45, 7) is 0.850. The minimum absolute atomic E-state index is 0.0501. The van der Waals surface area contributed by atoms with Crippen molar-refractivity contribution in [3.63, 3.8) is 0 Å². The van der Waals surface area contributed by atoms with Crippen molar-refractivity contribution in [3.8, 4) is 0 Å². The average molecular weight is 387 g/mol. The van der Waals surface area contributed by atoms with Crippen LogP contribution in [0.4, 0.5) is 4.79 Å². The van der Waals surface area contributed by atoms with Gasteiger partial charge >= 0.3 is 6.03 Å². The summed E-state index contributed by atoms with van der Waals surface area (Å²) in [5.41, 5.74) is 0. The van der Waals surface area contributed by atoms with Gasteiger partial charge in [0.05, 0.1) is 17.3 Å². The van der Waals surface area contributed by atoms with Gasteiger partial charge in [0.25, 0.3) is 0 Å². The Balaban J connectivity index is 1.45. The van der Waals surface area contributed by atoms with E-state index in [1.165, 1.54) is 11.8 Å². The maximum Gasteiger partial charge on any atom is 0.321 e. The van der Waals surface area contributed by atoms with Gasteiger partial charge in [0, 0.05) is 19.0 Å². The number of thioether (sulfide) groups is 1. The van der Waals surface area contributed by atoms with Crippen molar-refractivity contribution < 1.29 is 18.0 Å². The standard InChI is InChI=1S/C14H21N5O4S2/c20-12(16-13(21)15-10-5-7-25(22,23)9-10)8-24-14-18-17-11-4-2-1-3-6-19(11)14/h10H,1-9H2,(H2,15,16,20,21). The predicted octanol–water partition coefficient (Wildman–Crippen LogP) is 0.110. The fourth-order valence-electron chi connectivity index (χ4n) is 2.99. The highest BCUT2D eigenvalue weighted by Crippen LogP contribution is 2.21. The number of fused-ring (bicyclic) bond motifs is 1. The molecule has 3 heterocycles. The monoisotopic (exact) mass is 387 g/mol. The van der Waals surface area contributed by atoms with Gasteiger partial charge in [0.1, 0.15) is 5.82 Å². The molecule has 9 nitrogen and oxygen atoms in total. The van der Waals surface area contributed by atoms with E-state index in [-0.39, 0.29) is 17.3 Å². The topological polar surface area (TPSA) is 123 Å². The normalized spacial score (nSPS) is 22.0. The minimum Gasteiger partial charge on any atom is -0.334 e. The Hall–Kier alpha value is -1.62. The number of sulfone groups is 1. The van der Waals surface area contributed by atoms with Gasteiger partial charge in [-0.2, -0.15) is 0 Å². The number of carbonyl (C=O) groups excluding carboxylic acids is 2. The number of nitrogens with one attached hydrogen (secondary N) is 2. The lowest BCUT2D eigenvalue weighted by Crippen LogP contribution is -2.45. The van der Waals surface area contributed by atoms with Gasteiger partial charge in [0.15, 0.2) is 15.0 Å². The quantitative estimate of drug-likeness (QED) is 0.703. The van der Waals surface area contributed by atoms with E-state index in [0.29, 0.717) is 11.6 Å². The number of rotatable bonds is 4. The second-order valence-electron chi connectivity index (χ2n) is 6.27. The van der Waals surface area contributed by atoms with Crippen molar-refractivity contribution in [2.24, 2.45) is 0 Å². The van der Waals surface area contributed by atoms with Crippen LogP contribution in [0.15, 0.2) is 5.16 Å². The summed E-state index contributed by atoms with van der Waals surface area (Å²) in [5.74, 6) is 0.540. The first-order valence-corrected chi connectivity index (χ1v) is 11.1. The van der Waals surface area contributed by atoms with Crippen molar-refractivity contribution in [2.45, 2.75) is 49.8 Å². The third kappa shape index (κ3) is 4.94. The van der Waals surface area contributed by atoms with Crippen molar-refractivity contribution in [1.29, 1.82) is 0 Å². The summed E-state index contributed by atoms with van der Waals surface area (Å²) >= 11 is 1.24. The number of nitrogens with zero attached hydrogens (tertiary/aromatic N) is 3. The van der Waals surface area contributed by atoms with Crippen LogP contribution in [0.5, 0.6) is 0 Å². The highest BCUT2D eigenvalue weighted by molar-refractivity contribution is 7.99. The molecule has 2 N–H and O–H groups in total. The average Bonchev–Trinajstić information content (AvgIpc) is 2.98.